The molecule has 4 atom stereocenters. The van der Waals surface area contributed by atoms with Crippen molar-refractivity contribution >= 4 is 94.8 Å². The quantitative estimate of drug-likeness (QED) is 0.0282. The predicted molar refractivity (Wildman–Crippen MR) is 376 cm³/mol. The van der Waals surface area contributed by atoms with Gasteiger partial charge in [-0.15, -0.1) is 0 Å². The normalized spacial score (nSPS) is 12.2. The highest BCUT2D eigenvalue weighted by atomic mass is 16.7. The molecule has 0 aliphatic carbocycles. The number of methoxy groups -OCH3 is 1. The van der Waals surface area contributed by atoms with Gasteiger partial charge in [0, 0.05) is 56.0 Å². The molecule has 0 aliphatic heterocycles. The van der Waals surface area contributed by atoms with Crippen molar-refractivity contribution in [2.45, 2.75) is 212 Å². The number of rotatable bonds is 38. The zero-order chi connectivity index (χ0) is 84.0. The standard InChI is InChI=1S/C14H26O6.2C13H20O7.2C12H22O5.C8H14O4/c1-12(15)20-10-9-18-6-5-17-7-8-19-11-13(16)14(2,3)4;1-8(12(17)13(3,4)5)20-11(16)7-19-10(15)6-18-9(2)14;1-8(20-11(16)7-18-9(2)14)12(17)19-6-10(15)13(3,4)5;1-7-15-9(3)17-10(13)8(2)16-11(14)12(4,5)6;1-10(13)17-8-7-15-5-6-16-9-11(14)12(2,3)4;1-8(2,3)7(10)12-5-6(9)11-4/h5-11H2,1-4H3;2*8H,6-7H2,1-5H3;8-9H,7H2,1-6H3;5-9H2,1-4H3;5H2,1-4H3. The van der Waals surface area contributed by atoms with Crippen molar-refractivity contribution in [1.82, 2.24) is 0 Å². The second-order valence-electron chi connectivity index (χ2n) is 28.5. The summed E-state index contributed by atoms with van der Waals surface area (Å²) in [6, 6.07) is 0. The SMILES string of the molecule is CC(=O)OCC(=O)OC(C)C(=O)OCC(=O)C(C)(C)C.CC(=O)OCC(=O)OCC(=O)OC(C)C(=O)C(C)(C)C.CC(=O)OCCOCCOCC(=O)C(C)(C)C.CC(=O)OCCOCCOCCOCC(=O)C(C)(C)C.CCOC(C)OC(=O)C(C)OC(=O)C(C)(C)C.COC(=O)COC(=O)C(C)(C)C. The minimum Gasteiger partial charge on any atom is -0.466 e. The fourth-order valence-corrected chi connectivity index (χ4v) is 5.37. The molecule has 0 saturated carbocycles. The fraction of sp³-hybridized carbons (Fsp3) is 0.778. The van der Waals surface area contributed by atoms with Crippen LogP contribution in [0, 0.1) is 32.5 Å². The van der Waals surface area contributed by atoms with E-state index < -0.39 is 126 Å². The molecule has 0 fully saturated rings. The molecule has 616 valence electrons. The molecule has 106 heavy (non-hydrogen) atoms. The van der Waals surface area contributed by atoms with E-state index in [0.29, 0.717) is 59.5 Å². The summed E-state index contributed by atoms with van der Waals surface area (Å²) in [6.07, 6.45) is -3.66. The fourth-order valence-electron chi connectivity index (χ4n) is 5.37. The van der Waals surface area contributed by atoms with E-state index in [1.807, 2.05) is 41.5 Å². The highest BCUT2D eigenvalue weighted by Crippen LogP contribution is 2.20. The Balaban J connectivity index is -0.000000285. The van der Waals surface area contributed by atoms with E-state index in [4.69, 9.17) is 52.1 Å². The van der Waals surface area contributed by atoms with Crippen LogP contribution in [0.15, 0.2) is 0 Å². The molecule has 0 aromatic heterocycles. The van der Waals surface area contributed by atoms with Crippen LogP contribution >= 0.6 is 0 Å². The van der Waals surface area contributed by atoms with Crippen molar-refractivity contribution in [3.63, 3.8) is 0 Å². The zero-order valence-electron chi connectivity index (χ0n) is 67.9. The highest BCUT2D eigenvalue weighted by Gasteiger charge is 2.32. The lowest BCUT2D eigenvalue weighted by atomic mass is 9.88. The van der Waals surface area contributed by atoms with Gasteiger partial charge in [-0.1, -0.05) is 83.1 Å². The van der Waals surface area contributed by atoms with Gasteiger partial charge < -0.3 is 85.3 Å². The Morgan fingerprint density at radius 3 is 0.943 bits per heavy atom. The van der Waals surface area contributed by atoms with Crippen LogP contribution in [0.4, 0.5) is 0 Å². The molecule has 0 amide bonds. The molecular weight excluding hydrogens is 1410 g/mol. The van der Waals surface area contributed by atoms with Crippen LogP contribution in [-0.4, -0.2) is 245 Å². The topological polar surface area (TPSA) is 439 Å². The lowest BCUT2D eigenvalue weighted by molar-refractivity contribution is -0.190. The van der Waals surface area contributed by atoms with Crippen molar-refractivity contribution in [2.75, 3.05) is 126 Å². The van der Waals surface area contributed by atoms with Gasteiger partial charge in [0.2, 0.25) is 0 Å². The summed E-state index contributed by atoms with van der Waals surface area (Å²) >= 11 is 0. The molecule has 0 spiro atoms. The van der Waals surface area contributed by atoms with Gasteiger partial charge in [-0.3, -0.25) is 47.9 Å². The number of ether oxygens (including phenoxy) is 18. The Bertz CT molecular complexity index is 2670. The maximum absolute atomic E-state index is 11.8. The zero-order valence-corrected chi connectivity index (χ0v) is 67.9. The first-order valence-corrected chi connectivity index (χ1v) is 33.9. The minimum atomic E-state index is -1.18. The predicted octanol–water partition coefficient (Wildman–Crippen LogP) is 6.33. The average Bonchev–Trinajstić information content (AvgIpc) is 0.894. The Kier molecular flexibility index (Phi) is 59.9. The number of carbonyl (C=O) groups excluding carboxylic acids is 16. The van der Waals surface area contributed by atoms with E-state index in [9.17, 15) is 76.7 Å². The maximum atomic E-state index is 11.8. The van der Waals surface area contributed by atoms with E-state index in [1.54, 1.807) is 96.9 Å². The Morgan fingerprint density at radius 1 is 0.283 bits per heavy atom. The number of Topliss-reactive ketones (excluding diaryl/α,β-unsaturated/α-hetero) is 4. The van der Waals surface area contributed by atoms with E-state index in [1.165, 1.54) is 41.7 Å². The van der Waals surface area contributed by atoms with Crippen LogP contribution in [0.3, 0.4) is 0 Å². The van der Waals surface area contributed by atoms with Gasteiger partial charge in [-0.25, -0.2) is 28.8 Å². The molecule has 0 aromatic rings. The first-order valence-electron chi connectivity index (χ1n) is 33.9. The van der Waals surface area contributed by atoms with Gasteiger partial charge in [0.05, 0.1) is 70.8 Å². The molecule has 0 rings (SSSR count). The van der Waals surface area contributed by atoms with Crippen molar-refractivity contribution in [2.24, 2.45) is 32.5 Å². The Hall–Kier alpha value is -7.92. The molecule has 0 radical (unpaired) electrons. The first kappa shape index (κ1) is 109. The van der Waals surface area contributed by atoms with Crippen molar-refractivity contribution < 1.29 is 162 Å². The molecule has 4 unspecified atom stereocenters. The van der Waals surface area contributed by atoms with E-state index in [-0.39, 0.29) is 85.5 Å². The van der Waals surface area contributed by atoms with Crippen molar-refractivity contribution in [3.05, 3.63) is 0 Å². The van der Waals surface area contributed by atoms with Gasteiger partial charge in [0.25, 0.3) is 0 Å². The lowest BCUT2D eigenvalue weighted by Gasteiger charge is -2.21. The molecular formula is C72H124O34. The number of hydrogen-bond donors (Lipinski definition) is 0. The minimum absolute atomic E-state index is 0.0670. The van der Waals surface area contributed by atoms with Gasteiger partial charge in [-0.05, 0) is 76.2 Å². The summed E-state index contributed by atoms with van der Waals surface area (Å²) in [5, 5.41) is 0. The summed E-state index contributed by atoms with van der Waals surface area (Å²) in [6.45, 7) is 46.1. The number of esters is 12. The smallest absolute Gasteiger partial charge is 0.349 e. The van der Waals surface area contributed by atoms with Crippen LogP contribution in [0.25, 0.3) is 0 Å². The molecule has 0 saturated heterocycles. The molecule has 0 N–H and O–H groups in total. The summed E-state index contributed by atoms with van der Waals surface area (Å²) in [5.74, 6) is -7.65. The van der Waals surface area contributed by atoms with Crippen molar-refractivity contribution in [3.8, 4) is 0 Å². The summed E-state index contributed by atoms with van der Waals surface area (Å²) < 4.78 is 86.8. The van der Waals surface area contributed by atoms with E-state index in [2.05, 4.69) is 33.2 Å². The van der Waals surface area contributed by atoms with Crippen LogP contribution in [0.1, 0.15) is 187 Å². The third kappa shape index (κ3) is 70.4. The maximum Gasteiger partial charge on any atom is 0.349 e. The monoisotopic (exact) mass is 1530 g/mol. The van der Waals surface area contributed by atoms with E-state index >= 15 is 0 Å². The van der Waals surface area contributed by atoms with Gasteiger partial charge in [0.15, 0.2) is 80.8 Å². The third-order valence-electron chi connectivity index (χ3n) is 11.8. The third-order valence-corrected chi connectivity index (χ3v) is 11.8. The highest BCUT2D eigenvalue weighted by molar-refractivity contribution is 5.90. The van der Waals surface area contributed by atoms with Gasteiger partial charge in [0.1, 0.15) is 26.4 Å². The van der Waals surface area contributed by atoms with Gasteiger partial charge >= 0.3 is 71.6 Å². The van der Waals surface area contributed by atoms with Gasteiger partial charge in [-0.2, -0.15) is 0 Å². The number of hydrogen-bond acceptors (Lipinski definition) is 34. The first-order chi connectivity index (χ1) is 48.3. The molecule has 34 heteroatoms. The van der Waals surface area contributed by atoms with Crippen molar-refractivity contribution in [1.29, 1.82) is 0 Å². The molecule has 0 heterocycles. The second kappa shape index (κ2) is 58.2. The second-order valence-corrected chi connectivity index (χ2v) is 28.5. The molecule has 0 bridgehead atoms. The molecule has 34 nitrogen and oxygen atoms in total. The van der Waals surface area contributed by atoms with E-state index in [0.717, 1.165) is 13.8 Å². The van der Waals surface area contributed by atoms with Crippen LogP contribution in [0.5, 0.6) is 0 Å². The number of ketones is 4. The Morgan fingerprint density at radius 2 is 0.604 bits per heavy atom. The largest absolute Gasteiger partial charge is 0.466 e. The summed E-state index contributed by atoms with van der Waals surface area (Å²) in [4.78, 5) is 178. The van der Waals surface area contributed by atoms with Crippen LogP contribution in [0.2, 0.25) is 0 Å². The number of carbonyl (C=O) groups is 16. The molecule has 0 aliphatic rings. The lowest BCUT2D eigenvalue weighted by Crippen LogP contribution is -2.35. The average molecular weight is 1530 g/mol. The molecule has 0 aromatic carbocycles. The summed E-state index contributed by atoms with van der Waals surface area (Å²) in [7, 11) is 1.24. The van der Waals surface area contributed by atoms with Crippen LogP contribution in [-0.2, 0) is 162 Å². The van der Waals surface area contributed by atoms with Crippen LogP contribution < -0.4 is 0 Å². The summed E-state index contributed by atoms with van der Waals surface area (Å²) in [5.41, 5.74) is -3.19. The Labute approximate surface area is 624 Å².